The summed E-state index contributed by atoms with van der Waals surface area (Å²) >= 11 is 1.63. The lowest BCUT2D eigenvalue weighted by Crippen LogP contribution is -2.54. The SMILES string of the molecule is COC(=O)C(NC(=O)C1CSC2(C)CCC(=O)N12)C(C)C. The number of ether oxygens (including phenoxy) is 1. The highest BCUT2D eigenvalue weighted by atomic mass is 32.2. The van der Waals surface area contributed by atoms with Crippen LogP contribution in [0.3, 0.4) is 0 Å². The molecule has 0 bridgehead atoms. The van der Waals surface area contributed by atoms with Crippen molar-refractivity contribution in [1.29, 1.82) is 0 Å². The summed E-state index contributed by atoms with van der Waals surface area (Å²) in [5, 5.41) is 2.74. The highest BCUT2D eigenvalue weighted by molar-refractivity contribution is 8.01. The first-order valence-electron chi connectivity index (χ1n) is 7.14. The number of carbonyl (C=O) groups excluding carboxylic acids is 3. The molecule has 21 heavy (non-hydrogen) atoms. The number of esters is 1. The minimum absolute atomic E-state index is 0.0156. The number of thioether (sulfide) groups is 1. The van der Waals surface area contributed by atoms with E-state index in [1.807, 2.05) is 20.8 Å². The molecule has 2 rings (SSSR count). The Morgan fingerprint density at radius 2 is 2.14 bits per heavy atom. The first kappa shape index (κ1) is 16.1. The molecule has 1 N–H and O–H groups in total. The summed E-state index contributed by atoms with van der Waals surface area (Å²) in [6, 6.07) is -1.18. The summed E-state index contributed by atoms with van der Waals surface area (Å²) in [5.41, 5.74) is 0. The summed E-state index contributed by atoms with van der Waals surface area (Å²) in [7, 11) is 1.30. The zero-order valence-electron chi connectivity index (χ0n) is 12.8. The maximum atomic E-state index is 12.5. The Morgan fingerprint density at radius 3 is 2.71 bits per heavy atom. The van der Waals surface area contributed by atoms with E-state index in [1.54, 1.807) is 16.7 Å². The van der Waals surface area contributed by atoms with Gasteiger partial charge in [0.2, 0.25) is 11.8 Å². The Morgan fingerprint density at radius 1 is 1.48 bits per heavy atom. The van der Waals surface area contributed by atoms with Crippen molar-refractivity contribution in [3.8, 4) is 0 Å². The third kappa shape index (κ3) is 2.88. The molecule has 118 valence electrons. The molecule has 2 fully saturated rings. The molecule has 2 amide bonds. The Bertz CT molecular complexity index is 468. The van der Waals surface area contributed by atoms with Gasteiger partial charge in [0.1, 0.15) is 12.1 Å². The van der Waals surface area contributed by atoms with Crippen molar-refractivity contribution in [2.45, 2.75) is 50.6 Å². The molecule has 2 aliphatic heterocycles. The summed E-state index contributed by atoms with van der Waals surface area (Å²) in [5.74, 6) is -0.219. The van der Waals surface area contributed by atoms with E-state index in [0.29, 0.717) is 12.2 Å². The first-order valence-corrected chi connectivity index (χ1v) is 8.13. The molecule has 6 nitrogen and oxygen atoms in total. The lowest BCUT2D eigenvalue weighted by molar-refractivity contribution is -0.147. The lowest BCUT2D eigenvalue weighted by atomic mass is 10.0. The maximum absolute atomic E-state index is 12.5. The van der Waals surface area contributed by atoms with Crippen LogP contribution in [0.2, 0.25) is 0 Å². The van der Waals surface area contributed by atoms with E-state index in [2.05, 4.69) is 5.32 Å². The molecule has 2 aliphatic rings. The molecule has 0 aromatic carbocycles. The van der Waals surface area contributed by atoms with Crippen LogP contribution in [0.4, 0.5) is 0 Å². The second kappa shape index (κ2) is 5.87. The van der Waals surface area contributed by atoms with Crippen LogP contribution in [-0.2, 0) is 19.1 Å². The second-order valence-electron chi connectivity index (χ2n) is 6.02. The van der Waals surface area contributed by atoms with E-state index in [1.165, 1.54) is 7.11 Å². The van der Waals surface area contributed by atoms with E-state index in [4.69, 9.17) is 4.74 Å². The molecular formula is C14H22N2O4S. The maximum Gasteiger partial charge on any atom is 0.328 e. The average Bonchev–Trinajstić information content (AvgIpc) is 2.92. The molecule has 0 aliphatic carbocycles. The van der Waals surface area contributed by atoms with Crippen molar-refractivity contribution in [3.05, 3.63) is 0 Å². The quantitative estimate of drug-likeness (QED) is 0.775. The number of amides is 2. The van der Waals surface area contributed by atoms with Crippen LogP contribution < -0.4 is 5.32 Å². The van der Waals surface area contributed by atoms with Crippen LogP contribution in [-0.4, -0.2) is 52.5 Å². The first-order chi connectivity index (χ1) is 9.80. The molecule has 0 spiro atoms. The number of hydrogen-bond acceptors (Lipinski definition) is 5. The minimum atomic E-state index is -0.683. The number of carbonyl (C=O) groups is 3. The third-order valence-electron chi connectivity index (χ3n) is 4.17. The zero-order valence-corrected chi connectivity index (χ0v) is 13.7. The predicted molar refractivity (Wildman–Crippen MR) is 79.5 cm³/mol. The summed E-state index contributed by atoms with van der Waals surface area (Å²) < 4.78 is 4.73. The van der Waals surface area contributed by atoms with E-state index in [9.17, 15) is 14.4 Å². The van der Waals surface area contributed by atoms with Crippen molar-refractivity contribution in [1.82, 2.24) is 10.2 Å². The van der Waals surface area contributed by atoms with Gasteiger partial charge in [-0.05, 0) is 19.3 Å². The van der Waals surface area contributed by atoms with Gasteiger partial charge in [-0.2, -0.15) is 0 Å². The van der Waals surface area contributed by atoms with Crippen LogP contribution in [0.5, 0.6) is 0 Å². The number of nitrogens with zero attached hydrogens (tertiary/aromatic N) is 1. The zero-order chi connectivity index (χ0) is 15.8. The van der Waals surface area contributed by atoms with Crippen molar-refractivity contribution >= 4 is 29.5 Å². The van der Waals surface area contributed by atoms with Gasteiger partial charge in [-0.1, -0.05) is 13.8 Å². The summed E-state index contributed by atoms with van der Waals surface area (Å²) in [6.07, 6.45) is 1.25. The third-order valence-corrected chi connectivity index (χ3v) is 5.67. The Labute approximate surface area is 129 Å². The fourth-order valence-corrected chi connectivity index (χ4v) is 4.32. The van der Waals surface area contributed by atoms with Gasteiger partial charge in [0.25, 0.3) is 0 Å². The van der Waals surface area contributed by atoms with E-state index in [0.717, 1.165) is 6.42 Å². The fourth-order valence-electron chi connectivity index (χ4n) is 2.89. The average molecular weight is 314 g/mol. The monoisotopic (exact) mass is 314 g/mol. The molecule has 2 saturated heterocycles. The van der Waals surface area contributed by atoms with Crippen molar-refractivity contribution in [2.24, 2.45) is 5.92 Å². The van der Waals surface area contributed by atoms with Crippen LogP contribution in [0.25, 0.3) is 0 Å². The summed E-state index contributed by atoms with van der Waals surface area (Å²) in [4.78, 5) is 37.6. The molecule has 2 heterocycles. The molecule has 0 aromatic heterocycles. The van der Waals surface area contributed by atoms with Crippen LogP contribution >= 0.6 is 11.8 Å². The smallest absolute Gasteiger partial charge is 0.328 e. The van der Waals surface area contributed by atoms with E-state index < -0.39 is 18.1 Å². The molecule has 0 radical (unpaired) electrons. The van der Waals surface area contributed by atoms with Gasteiger partial charge in [-0.25, -0.2) is 4.79 Å². The largest absolute Gasteiger partial charge is 0.467 e. The van der Waals surface area contributed by atoms with Crippen LogP contribution in [0.1, 0.15) is 33.6 Å². The molecule has 7 heteroatoms. The van der Waals surface area contributed by atoms with E-state index in [-0.39, 0.29) is 22.6 Å². The Kier molecular flexibility index (Phi) is 4.51. The normalized spacial score (nSPS) is 29.5. The molecular weight excluding hydrogens is 292 g/mol. The number of hydrogen-bond donors (Lipinski definition) is 1. The standard InChI is InChI=1S/C14H22N2O4S/c1-8(2)11(13(19)20-4)15-12(18)9-7-21-14(3)6-5-10(17)16(9)14/h8-9,11H,5-7H2,1-4H3,(H,15,18). The Hall–Kier alpha value is -1.24. The topological polar surface area (TPSA) is 75.7 Å². The van der Waals surface area contributed by atoms with Crippen molar-refractivity contribution in [3.63, 3.8) is 0 Å². The van der Waals surface area contributed by atoms with Gasteiger partial charge >= 0.3 is 5.97 Å². The van der Waals surface area contributed by atoms with Crippen molar-refractivity contribution in [2.75, 3.05) is 12.9 Å². The molecule has 0 saturated carbocycles. The fraction of sp³-hybridized carbons (Fsp3) is 0.786. The Balaban J connectivity index is 2.10. The van der Waals surface area contributed by atoms with Gasteiger partial charge < -0.3 is 15.0 Å². The highest BCUT2D eigenvalue weighted by Gasteiger charge is 2.53. The van der Waals surface area contributed by atoms with Crippen LogP contribution in [0, 0.1) is 5.92 Å². The number of fused-ring (bicyclic) bond motifs is 1. The number of methoxy groups -OCH3 is 1. The molecule has 3 unspecified atom stereocenters. The van der Waals surface area contributed by atoms with Crippen molar-refractivity contribution < 1.29 is 19.1 Å². The second-order valence-corrected chi connectivity index (χ2v) is 7.52. The van der Waals surface area contributed by atoms with Gasteiger partial charge in [-0.15, -0.1) is 11.8 Å². The van der Waals surface area contributed by atoms with E-state index >= 15 is 0 Å². The summed E-state index contributed by atoms with van der Waals surface area (Å²) in [6.45, 7) is 5.68. The van der Waals surface area contributed by atoms with Gasteiger partial charge in [0, 0.05) is 12.2 Å². The van der Waals surface area contributed by atoms with Crippen LogP contribution in [0.15, 0.2) is 0 Å². The minimum Gasteiger partial charge on any atom is -0.467 e. The molecule has 0 aromatic rings. The predicted octanol–water partition coefficient (Wildman–Crippen LogP) is 0.754. The van der Waals surface area contributed by atoms with Gasteiger partial charge in [-0.3, -0.25) is 9.59 Å². The number of nitrogens with one attached hydrogen (secondary N) is 1. The molecule has 3 atom stereocenters. The van der Waals surface area contributed by atoms with Gasteiger partial charge in [0.15, 0.2) is 0 Å². The lowest BCUT2D eigenvalue weighted by Gasteiger charge is -2.31. The highest BCUT2D eigenvalue weighted by Crippen LogP contribution is 2.47. The van der Waals surface area contributed by atoms with Gasteiger partial charge in [0.05, 0.1) is 12.0 Å². The number of rotatable bonds is 4.